The minimum atomic E-state index is -4.58. The Labute approximate surface area is 161 Å². The summed E-state index contributed by atoms with van der Waals surface area (Å²) in [7, 11) is 0. The van der Waals surface area contributed by atoms with E-state index in [1.54, 1.807) is 12.3 Å². The van der Waals surface area contributed by atoms with Gasteiger partial charge in [-0.3, -0.25) is 9.48 Å². The van der Waals surface area contributed by atoms with Gasteiger partial charge in [0, 0.05) is 24.5 Å². The van der Waals surface area contributed by atoms with Crippen LogP contribution in [-0.4, -0.2) is 38.4 Å². The highest BCUT2D eigenvalue weighted by Crippen LogP contribution is 2.31. The number of halogens is 4. The average Bonchev–Trinajstić information content (AvgIpc) is 3.41. The van der Waals surface area contributed by atoms with Crippen LogP contribution in [0.4, 0.5) is 23.4 Å². The second-order valence-corrected chi connectivity index (χ2v) is 6.72. The molecule has 11 heteroatoms. The quantitative estimate of drug-likeness (QED) is 0.632. The van der Waals surface area contributed by atoms with E-state index in [-0.39, 0.29) is 18.4 Å². The normalized spacial score (nSPS) is 14.2. The molecule has 152 valence electrons. The minimum absolute atomic E-state index is 0.0224. The van der Waals surface area contributed by atoms with Crippen molar-refractivity contribution >= 4 is 22.6 Å². The van der Waals surface area contributed by atoms with E-state index in [4.69, 9.17) is 0 Å². The Morgan fingerprint density at radius 1 is 1.31 bits per heavy atom. The summed E-state index contributed by atoms with van der Waals surface area (Å²) in [5.41, 5.74) is 0.968. The van der Waals surface area contributed by atoms with Gasteiger partial charge < -0.3 is 10.1 Å². The van der Waals surface area contributed by atoms with Gasteiger partial charge in [0.1, 0.15) is 5.82 Å². The molecule has 1 saturated carbocycles. The first-order valence-electron chi connectivity index (χ1n) is 8.75. The highest BCUT2D eigenvalue weighted by Gasteiger charge is 2.30. The number of anilines is 1. The van der Waals surface area contributed by atoms with Crippen molar-refractivity contribution in [1.82, 2.24) is 19.7 Å². The third-order valence-electron chi connectivity index (χ3n) is 4.25. The number of hydrogen-bond acceptors (Lipinski definition) is 5. The van der Waals surface area contributed by atoms with Gasteiger partial charge in [0.15, 0.2) is 12.4 Å². The van der Waals surface area contributed by atoms with E-state index in [0.717, 1.165) is 18.9 Å². The average molecular weight is 409 g/mol. The van der Waals surface area contributed by atoms with Crippen molar-refractivity contribution in [3.8, 4) is 5.88 Å². The Morgan fingerprint density at radius 2 is 2.10 bits per heavy atom. The van der Waals surface area contributed by atoms with Gasteiger partial charge in [-0.05, 0) is 30.5 Å². The van der Waals surface area contributed by atoms with Crippen LogP contribution in [0.1, 0.15) is 18.4 Å². The zero-order chi connectivity index (χ0) is 20.6. The van der Waals surface area contributed by atoms with Crippen LogP contribution in [0.25, 0.3) is 10.9 Å². The van der Waals surface area contributed by atoms with Gasteiger partial charge in [0.25, 0.3) is 5.88 Å². The van der Waals surface area contributed by atoms with Gasteiger partial charge in [-0.1, -0.05) is 0 Å². The molecule has 29 heavy (non-hydrogen) atoms. The number of carbonyl (C=O) groups excluding carboxylic acids is 1. The van der Waals surface area contributed by atoms with Gasteiger partial charge in [-0.15, -0.1) is 0 Å². The van der Waals surface area contributed by atoms with Crippen molar-refractivity contribution in [3.63, 3.8) is 0 Å². The van der Waals surface area contributed by atoms with Crippen LogP contribution in [0.15, 0.2) is 30.7 Å². The van der Waals surface area contributed by atoms with Crippen LogP contribution >= 0.6 is 0 Å². The number of hydrogen-bond donors (Lipinski definition) is 1. The van der Waals surface area contributed by atoms with Crippen LogP contribution in [0.3, 0.4) is 0 Å². The summed E-state index contributed by atoms with van der Waals surface area (Å²) in [6.45, 7) is -1.50. The molecule has 3 aromatic rings. The van der Waals surface area contributed by atoms with Crippen LogP contribution in [-0.2, 0) is 11.3 Å². The van der Waals surface area contributed by atoms with E-state index in [2.05, 4.69) is 25.1 Å². The Kier molecular flexibility index (Phi) is 4.81. The predicted molar refractivity (Wildman–Crippen MR) is 93.7 cm³/mol. The number of alkyl halides is 3. The number of pyridine rings is 2. The van der Waals surface area contributed by atoms with E-state index in [1.807, 2.05) is 0 Å². The third kappa shape index (κ3) is 4.61. The molecule has 0 aliphatic heterocycles. The number of aromatic nitrogens is 4. The maximum absolute atomic E-state index is 14.0. The number of nitrogens with zero attached hydrogens (tertiary/aromatic N) is 4. The SMILES string of the molecule is O=C(Nc1nccc2nn(Cc3cnc(OCC(F)(F)F)c(F)c3)cc12)C1CC1. The van der Waals surface area contributed by atoms with Crippen molar-refractivity contribution in [2.24, 2.45) is 5.92 Å². The van der Waals surface area contributed by atoms with E-state index in [1.165, 1.54) is 17.1 Å². The monoisotopic (exact) mass is 409 g/mol. The van der Waals surface area contributed by atoms with Crippen molar-refractivity contribution in [3.05, 3.63) is 42.1 Å². The summed E-state index contributed by atoms with van der Waals surface area (Å²) in [5.74, 6) is -1.38. The zero-order valence-corrected chi connectivity index (χ0v) is 14.9. The van der Waals surface area contributed by atoms with Crippen LogP contribution < -0.4 is 10.1 Å². The van der Waals surface area contributed by atoms with E-state index in [0.29, 0.717) is 22.3 Å². The Balaban J connectivity index is 1.50. The summed E-state index contributed by atoms with van der Waals surface area (Å²) in [6, 6.07) is 2.71. The lowest BCUT2D eigenvalue weighted by Gasteiger charge is -2.09. The molecule has 1 fully saturated rings. The summed E-state index contributed by atoms with van der Waals surface area (Å²) in [4.78, 5) is 19.8. The standard InChI is InChI=1S/C18H15F4N5O2/c19-13-5-10(6-24-17(13)29-9-18(20,21)22)7-27-8-12-14(26-27)3-4-23-15(12)25-16(28)11-1-2-11/h3-6,8,11H,1-2,7,9H2,(H,23,25,28). The van der Waals surface area contributed by atoms with Gasteiger partial charge in [-0.25, -0.2) is 14.4 Å². The first kappa shape index (κ1) is 19.1. The fourth-order valence-electron chi connectivity index (χ4n) is 2.73. The third-order valence-corrected chi connectivity index (χ3v) is 4.25. The summed E-state index contributed by atoms with van der Waals surface area (Å²) >= 11 is 0. The van der Waals surface area contributed by atoms with Crippen molar-refractivity contribution in [2.75, 3.05) is 11.9 Å². The molecule has 3 aromatic heterocycles. The van der Waals surface area contributed by atoms with E-state index < -0.39 is 24.5 Å². The lowest BCUT2D eigenvalue weighted by molar-refractivity contribution is -0.154. The fourth-order valence-corrected chi connectivity index (χ4v) is 2.73. The van der Waals surface area contributed by atoms with Crippen LogP contribution in [0.2, 0.25) is 0 Å². The number of ether oxygens (including phenoxy) is 1. The number of carbonyl (C=O) groups is 1. The van der Waals surface area contributed by atoms with Gasteiger partial charge in [0.2, 0.25) is 5.91 Å². The molecule has 7 nitrogen and oxygen atoms in total. The zero-order valence-electron chi connectivity index (χ0n) is 14.9. The first-order valence-corrected chi connectivity index (χ1v) is 8.75. The molecule has 1 aliphatic carbocycles. The fraction of sp³-hybridized carbons (Fsp3) is 0.333. The van der Waals surface area contributed by atoms with Crippen LogP contribution in [0.5, 0.6) is 5.88 Å². The van der Waals surface area contributed by atoms with E-state index >= 15 is 0 Å². The van der Waals surface area contributed by atoms with Gasteiger partial charge in [0.05, 0.1) is 17.4 Å². The molecule has 1 aliphatic rings. The highest BCUT2D eigenvalue weighted by molar-refractivity contribution is 6.00. The molecule has 4 rings (SSSR count). The Morgan fingerprint density at radius 3 is 2.79 bits per heavy atom. The molecule has 0 bridgehead atoms. The largest absolute Gasteiger partial charge is 0.466 e. The molecule has 0 aromatic carbocycles. The maximum atomic E-state index is 14.0. The smallest absolute Gasteiger partial charge is 0.422 e. The molecular formula is C18H15F4N5O2. The lowest BCUT2D eigenvalue weighted by atomic mass is 10.2. The maximum Gasteiger partial charge on any atom is 0.422 e. The van der Waals surface area contributed by atoms with Crippen molar-refractivity contribution in [2.45, 2.75) is 25.6 Å². The van der Waals surface area contributed by atoms with Crippen molar-refractivity contribution < 1.29 is 27.1 Å². The minimum Gasteiger partial charge on any atom is -0.466 e. The second kappa shape index (κ2) is 7.30. The number of fused-ring (bicyclic) bond motifs is 1. The molecule has 0 radical (unpaired) electrons. The highest BCUT2D eigenvalue weighted by atomic mass is 19.4. The summed E-state index contributed by atoms with van der Waals surface area (Å²) < 4.78 is 56.4. The van der Waals surface area contributed by atoms with E-state index in [9.17, 15) is 22.4 Å². The molecule has 1 N–H and O–H groups in total. The first-order chi connectivity index (χ1) is 13.8. The van der Waals surface area contributed by atoms with Crippen LogP contribution in [0, 0.1) is 11.7 Å². The summed E-state index contributed by atoms with van der Waals surface area (Å²) in [6.07, 6.45) is 1.54. The van der Waals surface area contributed by atoms with Gasteiger partial charge >= 0.3 is 6.18 Å². The Hall–Kier alpha value is -3.24. The number of rotatable bonds is 6. The molecule has 0 atom stereocenters. The Bertz CT molecular complexity index is 1060. The molecule has 3 heterocycles. The second-order valence-electron chi connectivity index (χ2n) is 6.72. The topological polar surface area (TPSA) is 81.9 Å². The molecule has 0 spiro atoms. The van der Waals surface area contributed by atoms with Crippen molar-refractivity contribution in [1.29, 1.82) is 0 Å². The summed E-state index contributed by atoms with van der Waals surface area (Å²) in [5, 5.41) is 7.76. The molecule has 1 amide bonds. The number of amides is 1. The van der Waals surface area contributed by atoms with Gasteiger partial charge in [-0.2, -0.15) is 18.3 Å². The molecule has 0 saturated heterocycles. The molecule has 0 unspecified atom stereocenters. The predicted octanol–water partition coefficient (Wildman–Crippen LogP) is 3.30. The lowest BCUT2D eigenvalue weighted by Crippen LogP contribution is -2.20. The number of nitrogens with one attached hydrogen (secondary N) is 1. The molecular weight excluding hydrogens is 394 g/mol.